The van der Waals surface area contributed by atoms with Crippen LogP contribution in [-0.2, 0) is 11.2 Å². The Morgan fingerprint density at radius 3 is 2.71 bits per heavy atom. The molecule has 2 heterocycles. The molecule has 24 heavy (non-hydrogen) atoms. The number of amides is 1. The minimum absolute atomic E-state index is 0. The number of hydrogen-bond donors (Lipinski definition) is 1. The summed E-state index contributed by atoms with van der Waals surface area (Å²) >= 11 is 0. The quantitative estimate of drug-likeness (QED) is 0.827. The lowest BCUT2D eigenvalue weighted by molar-refractivity contribution is -0.138. The molecule has 2 atom stereocenters. The predicted molar refractivity (Wildman–Crippen MR) is 104 cm³/mol. The molecule has 3 rings (SSSR count). The van der Waals surface area contributed by atoms with Crippen LogP contribution in [0.1, 0.15) is 38.2 Å². The highest BCUT2D eigenvalue weighted by Gasteiger charge is 2.34. The molecule has 4 nitrogen and oxygen atoms in total. The van der Waals surface area contributed by atoms with E-state index in [0.717, 1.165) is 30.8 Å². The summed E-state index contributed by atoms with van der Waals surface area (Å²) in [5.41, 5.74) is 7.84. The van der Waals surface area contributed by atoms with Crippen LogP contribution < -0.4 is 5.73 Å². The molecular formula is C18H29Cl2N3O. The second-order valence-corrected chi connectivity index (χ2v) is 6.74. The van der Waals surface area contributed by atoms with Gasteiger partial charge in [0.15, 0.2) is 0 Å². The van der Waals surface area contributed by atoms with Gasteiger partial charge in [0.25, 0.3) is 0 Å². The zero-order chi connectivity index (χ0) is 15.5. The van der Waals surface area contributed by atoms with Gasteiger partial charge in [-0.25, -0.2) is 0 Å². The van der Waals surface area contributed by atoms with E-state index in [4.69, 9.17) is 5.73 Å². The fraction of sp³-hybridized carbons (Fsp3) is 0.611. The van der Waals surface area contributed by atoms with E-state index in [-0.39, 0.29) is 30.7 Å². The number of carbonyl (C=O) groups excluding carboxylic acids is 1. The van der Waals surface area contributed by atoms with Gasteiger partial charge in [0.1, 0.15) is 0 Å². The van der Waals surface area contributed by atoms with Crippen molar-refractivity contribution in [1.82, 2.24) is 9.80 Å². The number of halogens is 2. The Bertz CT molecular complexity index is 541. The van der Waals surface area contributed by atoms with Crippen LogP contribution in [0.2, 0.25) is 0 Å². The number of nitrogens with two attached hydrogens (primary N) is 1. The first kappa shape index (κ1) is 21.1. The number of nitrogen functional groups attached to an aromatic ring is 1. The minimum Gasteiger partial charge on any atom is -0.399 e. The molecule has 0 radical (unpaired) electrons. The Kier molecular flexibility index (Phi) is 8.34. The number of carbonyl (C=O) groups is 1. The van der Waals surface area contributed by atoms with E-state index in [1.165, 1.54) is 25.8 Å². The number of piperidine rings is 1. The van der Waals surface area contributed by atoms with Crippen molar-refractivity contribution >= 4 is 36.4 Å². The van der Waals surface area contributed by atoms with Gasteiger partial charge in [-0.2, -0.15) is 0 Å². The van der Waals surface area contributed by atoms with Crippen LogP contribution in [0.3, 0.4) is 0 Å². The number of para-hydroxylation sites is 1. The number of fused-ring (bicyclic) bond motifs is 1. The minimum atomic E-state index is 0. The molecule has 2 fully saturated rings. The molecule has 2 saturated heterocycles. The number of aryl methyl sites for hydroxylation is 1. The molecule has 2 aliphatic rings. The number of nitrogens with zero attached hydrogens (tertiary/aromatic N) is 2. The second-order valence-electron chi connectivity index (χ2n) is 6.74. The van der Waals surface area contributed by atoms with Crippen molar-refractivity contribution in [3.8, 4) is 0 Å². The van der Waals surface area contributed by atoms with Crippen LogP contribution in [0, 0.1) is 0 Å². The largest absolute Gasteiger partial charge is 0.399 e. The van der Waals surface area contributed by atoms with Gasteiger partial charge in [-0.3, -0.25) is 9.69 Å². The van der Waals surface area contributed by atoms with Crippen molar-refractivity contribution < 1.29 is 4.79 Å². The number of benzene rings is 1. The summed E-state index contributed by atoms with van der Waals surface area (Å²) in [4.78, 5) is 17.3. The highest BCUT2D eigenvalue weighted by Crippen LogP contribution is 2.25. The van der Waals surface area contributed by atoms with Crippen LogP contribution in [0.25, 0.3) is 0 Å². The van der Waals surface area contributed by atoms with Crippen molar-refractivity contribution in [3.63, 3.8) is 0 Å². The lowest BCUT2D eigenvalue weighted by Gasteiger charge is -2.47. The summed E-state index contributed by atoms with van der Waals surface area (Å²) in [6.45, 7) is 5.32. The van der Waals surface area contributed by atoms with Gasteiger partial charge in [0.05, 0.1) is 0 Å². The van der Waals surface area contributed by atoms with Gasteiger partial charge in [-0.05, 0) is 44.4 Å². The summed E-state index contributed by atoms with van der Waals surface area (Å²) in [5.74, 6) is 0.279. The van der Waals surface area contributed by atoms with E-state index in [9.17, 15) is 4.79 Å². The summed E-state index contributed by atoms with van der Waals surface area (Å²) in [6, 6.07) is 8.75. The molecular weight excluding hydrogens is 345 g/mol. The molecule has 1 amide bonds. The molecule has 0 aromatic heterocycles. The third kappa shape index (κ3) is 4.78. The lowest BCUT2D eigenvalue weighted by Crippen LogP contribution is -2.60. The Hall–Kier alpha value is -0.970. The maximum atomic E-state index is 12.6. The standard InChI is InChI=1S/C18H27N3O.2ClH/c1-14-12-20-11-5-4-7-16(20)13-21(14)18(22)10-9-15-6-2-3-8-17(15)19;;/h2-3,6,8,14,16H,4-5,7,9-13,19H2,1H3;2*1H. The second kappa shape index (κ2) is 9.50. The van der Waals surface area contributed by atoms with Crippen molar-refractivity contribution in [2.75, 3.05) is 25.4 Å². The molecule has 1 aromatic rings. The van der Waals surface area contributed by atoms with Crippen molar-refractivity contribution in [3.05, 3.63) is 29.8 Å². The summed E-state index contributed by atoms with van der Waals surface area (Å²) in [7, 11) is 0. The highest BCUT2D eigenvalue weighted by molar-refractivity contribution is 5.85. The van der Waals surface area contributed by atoms with Crippen molar-refractivity contribution in [1.29, 1.82) is 0 Å². The molecule has 2 unspecified atom stereocenters. The highest BCUT2D eigenvalue weighted by atomic mass is 35.5. The third-order valence-corrected chi connectivity index (χ3v) is 5.17. The molecule has 0 saturated carbocycles. The first-order valence-electron chi connectivity index (χ1n) is 8.52. The molecule has 2 aliphatic heterocycles. The maximum absolute atomic E-state index is 12.6. The van der Waals surface area contributed by atoms with Gasteiger partial charge >= 0.3 is 0 Å². The molecule has 0 aliphatic carbocycles. The molecule has 136 valence electrons. The van der Waals surface area contributed by atoms with Crippen LogP contribution in [0.4, 0.5) is 5.69 Å². The van der Waals surface area contributed by atoms with Gasteiger partial charge in [-0.15, -0.1) is 24.8 Å². The Morgan fingerprint density at radius 2 is 1.96 bits per heavy atom. The fourth-order valence-electron chi connectivity index (χ4n) is 3.85. The average molecular weight is 374 g/mol. The third-order valence-electron chi connectivity index (χ3n) is 5.17. The maximum Gasteiger partial charge on any atom is 0.223 e. The number of hydrogen-bond acceptors (Lipinski definition) is 3. The van der Waals surface area contributed by atoms with Crippen molar-refractivity contribution in [2.24, 2.45) is 0 Å². The summed E-state index contributed by atoms with van der Waals surface area (Å²) in [5, 5.41) is 0. The van der Waals surface area contributed by atoms with E-state index in [1.54, 1.807) is 0 Å². The van der Waals surface area contributed by atoms with Crippen LogP contribution in [0.15, 0.2) is 24.3 Å². The topological polar surface area (TPSA) is 49.6 Å². The normalized spacial score (nSPS) is 23.6. The number of piperazine rings is 1. The predicted octanol–water partition coefficient (Wildman–Crippen LogP) is 3.13. The summed E-state index contributed by atoms with van der Waals surface area (Å²) in [6.07, 6.45) is 5.15. The van der Waals surface area contributed by atoms with E-state index in [0.29, 0.717) is 18.5 Å². The van der Waals surface area contributed by atoms with Gasteiger partial charge in [0, 0.05) is 37.3 Å². The smallest absolute Gasteiger partial charge is 0.223 e. The lowest BCUT2D eigenvalue weighted by atomic mass is 9.96. The Morgan fingerprint density at radius 1 is 1.21 bits per heavy atom. The van der Waals surface area contributed by atoms with Crippen LogP contribution in [0.5, 0.6) is 0 Å². The monoisotopic (exact) mass is 373 g/mol. The van der Waals surface area contributed by atoms with Crippen LogP contribution in [-0.4, -0.2) is 47.4 Å². The first-order chi connectivity index (χ1) is 10.6. The number of anilines is 1. The van der Waals surface area contributed by atoms with Crippen LogP contribution >= 0.6 is 24.8 Å². The van der Waals surface area contributed by atoms with Gasteiger partial charge < -0.3 is 10.6 Å². The fourth-order valence-corrected chi connectivity index (χ4v) is 3.85. The first-order valence-corrected chi connectivity index (χ1v) is 8.52. The molecule has 0 spiro atoms. The van der Waals surface area contributed by atoms with E-state index < -0.39 is 0 Å². The summed E-state index contributed by atoms with van der Waals surface area (Å²) < 4.78 is 0. The number of rotatable bonds is 3. The molecule has 1 aromatic carbocycles. The van der Waals surface area contributed by atoms with E-state index in [2.05, 4.69) is 16.7 Å². The van der Waals surface area contributed by atoms with E-state index in [1.807, 2.05) is 24.3 Å². The zero-order valence-electron chi connectivity index (χ0n) is 14.3. The SMILES string of the molecule is CC1CN2CCCCC2CN1C(=O)CCc1ccccc1N.Cl.Cl. The molecule has 0 bridgehead atoms. The zero-order valence-corrected chi connectivity index (χ0v) is 16.0. The molecule has 6 heteroatoms. The average Bonchev–Trinajstić information content (AvgIpc) is 2.53. The van der Waals surface area contributed by atoms with E-state index >= 15 is 0 Å². The van der Waals surface area contributed by atoms with Gasteiger partial charge in [0.2, 0.25) is 5.91 Å². The van der Waals surface area contributed by atoms with Gasteiger partial charge in [-0.1, -0.05) is 24.6 Å². The van der Waals surface area contributed by atoms with Crippen molar-refractivity contribution in [2.45, 2.75) is 51.1 Å². The Balaban J connectivity index is 0.00000144. The Labute approximate surface area is 157 Å². The molecule has 2 N–H and O–H groups in total.